The van der Waals surface area contributed by atoms with Gasteiger partial charge in [-0.15, -0.1) is 0 Å². The summed E-state index contributed by atoms with van der Waals surface area (Å²) in [5.74, 6) is 0.445. The molecule has 1 aromatic heterocycles. The van der Waals surface area contributed by atoms with Crippen LogP contribution in [0.5, 0.6) is 0 Å². The zero-order chi connectivity index (χ0) is 10.6. The van der Waals surface area contributed by atoms with Crippen LogP contribution in [0.2, 0.25) is 0 Å². The number of rotatable bonds is 5. The van der Waals surface area contributed by atoms with Crippen molar-refractivity contribution < 1.29 is 0 Å². The van der Waals surface area contributed by atoms with Crippen LogP contribution < -0.4 is 15.9 Å². The first-order chi connectivity index (χ1) is 6.59. The smallest absolute Gasteiger partial charge is 0.304 e. The monoisotopic (exact) mass is 215 g/mol. The number of thiazole rings is 1. The van der Waals surface area contributed by atoms with Crippen molar-refractivity contribution >= 4 is 11.3 Å². The van der Waals surface area contributed by atoms with Gasteiger partial charge in [0, 0.05) is 23.7 Å². The Morgan fingerprint density at radius 1 is 1.64 bits per heavy atom. The Labute approximate surface area is 87.5 Å². The van der Waals surface area contributed by atoms with Gasteiger partial charge in [-0.3, -0.25) is 4.79 Å². The van der Waals surface area contributed by atoms with Gasteiger partial charge in [0.1, 0.15) is 0 Å². The van der Waals surface area contributed by atoms with Crippen molar-refractivity contribution in [1.29, 1.82) is 0 Å². The molecule has 0 aliphatic rings. The number of hydrogen-bond acceptors (Lipinski definition) is 4. The number of aromatic nitrogens is 1. The van der Waals surface area contributed by atoms with Gasteiger partial charge in [-0.1, -0.05) is 18.3 Å². The zero-order valence-electron chi connectivity index (χ0n) is 8.54. The Morgan fingerprint density at radius 2 is 2.36 bits per heavy atom. The standard InChI is InChI=1S/C9H17N3OS/c1-6(7(2)10)3-11-4-8-5-14-9(13)12-8/h5-7,11H,3-4,10H2,1-2H3,(H,12,13). The molecule has 4 nitrogen and oxygen atoms in total. The summed E-state index contributed by atoms with van der Waals surface area (Å²) in [5.41, 5.74) is 6.67. The van der Waals surface area contributed by atoms with E-state index in [9.17, 15) is 4.79 Å². The van der Waals surface area contributed by atoms with Crippen LogP contribution in [0.1, 0.15) is 19.5 Å². The lowest BCUT2D eigenvalue weighted by Gasteiger charge is -2.15. The average Bonchev–Trinajstić information content (AvgIpc) is 2.51. The third kappa shape index (κ3) is 3.61. The first-order valence-electron chi connectivity index (χ1n) is 4.72. The van der Waals surface area contributed by atoms with E-state index in [2.05, 4.69) is 17.2 Å². The van der Waals surface area contributed by atoms with Gasteiger partial charge in [-0.05, 0) is 19.4 Å². The lowest BCUT2D eigenvalue weighted by Crippen LogP contribution is -2.32. The number of hydrogen-bond donors (Lipinski definition) is 3. The van der Waals surface area contributed by atoms with Crippen molar-refractivity contribution in [2.45, 2.75) is 26.4 Å². The van der Waals surface area contributed by atoms with Crippen molar-refractivity contribution in [2.24, 2.45) is 11.7 Å². The van der Waals surface area contributed by atoms with Crippen molar-refractivity contribution in [3.05, 3.63) is 20.7 Å². The SMILES string of the molecule is CC(N)C(C)CNCc1csc(=O)[nH]1. The van der Waals surface area contributed by atoms with Gasteiger partial charge in [0.15, 0.2) is 0 Å². The molecule has 4 N–H and O–H groups in total. The predicted octanol–water partition coefficient (Wildman–Crippen LogP) is 0.509. The van der Waals surface area contributed by atoms with Gasteiger partial charge in [0.2, 0.25) is 0 Å². The first kappa shape index (κ1) is 11.4. The molecule has 1 aromatic rings. The highest BCUT2D eigenvalue weighted by Gasteiger charge is 2.06. The minimum atomic E-state index is 0.00189. The van der Waals surface area contributed by atoms with Crippen LogP contribution in [-0.2, 0) is 6.54 Å². The maximum absolute atomic E-state index is 10.8. The second-order valence-electron chi connectivity index (χ2n) is 3.64. The molecule has 2 unspecified atom stereocenters. The molecule has 80 valence electrons. The molecule has 0 aliphatic heterocycles. The first-order valence-corrected chi connectivity index (χ1v) is 5.60. The van der Waals surface area contributed by atoms with E-state index in [-0.39, 0.29) is 10.9 Å². The van der Waals surface area contributed by atoms with E-state index < -0.39 is 0 Å². The average molecular weight is 215 g/mol. The van der Waals surface area contributed by atoms with Crippen molar-refractivity contribution in [2.75, 3.05) is 6.54 Å². The summed E-state index contributed by atoms with van der Waals surface area (Å²) in [6.07, 6.45) is 0. The van der Waals surface area contributed by atoms with Gasteiger partial charge in [0.25, 0.3) is 0 Å². The molecule has 1 heterocycles. The highest BCUT2D eigenvalue weighted by molar-refractivity contribution is 7.07. The molecule has 2 atom stereocenters. The predicted molar refractivity (Wildman–Crippen MR) is 59.5 cm³/mol. The minimum absolute atomic E-state index is 0.00189. The Bertz CT molecular complexity index is 318. The van der Waals surface area contributed by atoms with Crippen molar-refractivity contribution in [1.82, 2.24) is 10.3 Å². The lowest BCUT2D eigenvalue weighted by atomic mass is 10.1. The van der Waals surface area contributed by atoms with Gasteiger partial charge >= 0.3 is 4.87 Å². The van der Waals surface area contributed by atoms with E-state index in [4.69, 9.17) is 5.73 Å². The highest BCUT2D eigenvalue weighted by Crippen LogP contribution is 1.99. The second-order valence-corrected chi connectivity index (χ2v) is 4.48. The Kier molecular flexibility index (Phi) is 4.31. The maximum Gasteiger partial charge on any atom is 0.304 e. The van der Waals surface area contributed by atoms with E-state index in [1.54, 1.807) is 0 Å². The molecule has 0 spiro atoms. The largest absolute Gasteiger partial charge is 0.328 e. The molecule has 0 bridgehead atoms. The van der Waals surface area contributed by atoms with Gasteiger partial charge in [-0.25, -0.2) is 0 Å². The molecule has 0 fully saturated rings. The molecule has 0 radical (unpaired) electrons. The van der Waals surface area contributed by atoms with E-state index in [0.717, 1.165) is 12.2 Å². The quantitative estimate of drug-likeness (QED) is 0.670. The van der Waals surface area contributed by atoms with Gasteiger partial charge in [0.05, 0.1) is 0 Å². The number of nitrogens with one attached hydrogen (secondary N) is 2. The molecule has 0 saturated carbocycles. The molecule has 0 amide bonds. The molecule has 0 aliphatic carbocycles. The van der Waals surface area contributed by atoms with Crippen LogP contribution in [0, 0.1) is 5.92 Å². The fourth-order valence-corrected chi connectivity index (χ4v) is 1.60. The van der Waals surface area contributed by atoms with E-state index in [1.807, 2.05) is 12.3 Å². The third-order valence-corrected chi connectivity index (χ3v) is 2.97. The normalized spacial score (nSPS) is 15.4. The summed E-state index contributed by atoms with van der Waals surface area (Å²) < 4.78 is 0. The Hall–Kier alpha value is -0.650. The summed E-state index contributed by atoms with van der Waals surface area (Å²) in [7, 11) is 0. The van der Waals surface area contributed by atoms with Crippen LogP contribution in [0.3, 0.4) is 0 Å². The van der Waals surface area contributed by atoms with Gasteiger partial charge < -0.3 is 16.0 Å². The second kappa shape index (κ2) is 5.29. The highest BCUT2D eigenvalue weighted by atomic mass is 32.1. The van der Waals surface area contributed by atoms with E-state index in [0.29, 0.717) is 12.5 Å². The summed E-state index contributed by atoms with van der Waals surface area (Å²) in [6, 6.07) is 0.198. The Morgan fingerprint density at radius 3 is 2.86 bits per heavy atom. The van der Waals surface area contributed by atoms with Crippen LogP contribution in [-0.4, -0.2) is 17.6 Å². The topological polar surface area (TPSA) is 70.9 Å². The van der Waals surface area contributed by atoms with Crippen molar-refractivity contribution in [3.63, 3.8) is 0 Å². The number of H-pyrrole nitrogens is 1. The van der Waals surface area contributed by atoms with Crippen LogP contribution in [0.25, 0.3) is 0 Å². The van der Waals surface area contributed by atoms with Crippen LogP contribution in [0.15, 0.2) is 10.2 Å². The van der Waals surface area contributed by atoms with Crippen molar-refractivity contribution in [3.8, 4) is 0 Å². The van der Waals surface area contributed by atoms with Gasteiger partial charge in [-0.2, -0.15) is 0 Å². The summed E-state index contributed by atoms with van der Waals surface area (Å²) in [6.45, 7) is 5.68. The summed E-state index contributed by atoms with van der Waals surface area (Å²) in [4.78, 5) is 13.6. The molecule has 0 aromatic carbocycles. The molecule has 5 heteroatoms. The molecule has 14 heavy (non-hydrogen) atoms. The zero-order valence-corrected chi connectivity index (χ0v) is 9.36. The van der Waals surface area contributed by atoms with E-state index >= 15 is 0 Å². The molecular weight excluding hydrogens is 198 g/mol. The number of nitrogens with two attached hydrogens (primary N) is 1. The summed E-state index contributed by atoms with van der Waals surface area (Å²) >= 11 is 1.19. The van der Waals surface area contributed by atoms with E-state index in [1.165, 1.54) is 11.3 Å². The summed E-state index contributed by atoms with van der Waals surface area (Å²) in [5, 5.41) is 5.09. The lowest BCUT2D eigenvalue weighted by molar-refractivity contribution is 0.444. The Balaban J connectivity index is 2.25. The minimum Gasteiger partial charge on any atom is -0.328 e. The maximum atomic E-state index is 10.8. The molecule has 0 saturated heterocycles. The fourth-order valence-electron chi connectivity index (χ4n) is 1.02. The number of aromatic amines is 1. The van der Waals surface area contributed by atoms with Crippen LogP contribution >= 0.6 is 11.3 Å². The third-order valence-electron chi connectivity index (χ3n) is 2.25. The van der Waals surface area contributed by atoms with Crippen LogP contribution in [0.4, 0.5) is 0 Å². The fraction of sp³-hybridized carbons (Fsp3) is 0.667. The molecular formula is C9H17N3OS. The molecule has 1 rings (SSSR count).